The second kappa shape index (κ2) is 5.89. The number of rotatable bonds is 6. The third-order valence-corrected chi connectivity index (χ3v) is 2.41. The van der Waals surface area contributed by atoms with Gasteiger partial charge in [-0.25, -0.2) is 0 Å². The Labute approximate surface area is 91.9 Å². The average Bonchev–Trinajstić information content (AvgIpc) is 2.25. The summed E-state index contributed by atoms with van der Waals surface area (Å²) in [5.41, 5.74) is 0.542. The van der Waals surface area contributed by atoms with Gasteiger partial charge in [-0.2, -0.15) is 0 Å². The first-order chi connectivity index (χ1) is 7.14. The minimum absolute atomic E-state index is 0.413. The minimum atomic E-state index is -0.716. The van der Waals surface area contributed by atoms with Gasteiger partial charge < -0.3 is 9.84 Å². The van der Waals surface area contributed by atoms with Gasteiger partial charge in [-0.3, -0.25) is 0 Å². The molecule has 0 saturated heterocycles. The molecule has 0 bridgehead atoms. The normalized spacial score (nSPS) is 14.9. The van der Waals surface area contributed by atoms with Gasteiger partial charge >= 0.3 is 0 Å². The summed E-state index contributed by atoms with van der Waals surface area (Å²) >= 11 is 0. The van der Waals surface area contributed by atoms with Crippen LogP contribution in [0.15, 0.2) is 30.3 Å². The van der Waals surface area contributed by atoms with E-state index in [0.717, 1.165) is 12.8 Å². The molecule has 2 nitrogen and oxygen atoms in total. The predicted octanol–water partition coefficient (Wildman–Crippen LogP) is 2.41. The molecule has 84 valence electrons. The molecule has 1 unspecified atom stereocenters. The fourth-order valence-corrected chi connectivity index (χ4v) is 1.45. The Morgan fingerprint density at radius 3 is 2.53 bits per heavy atom. The molecule has 0 heterocycles. The number of aliphatic hydroxyl groups is 1. The van der Waals surface area contributed by atoms with Crippen LogP contribution in [0, 0.1) is 0 Å². The lowest BCUT2D eigenvalue weighted by molar-refractivity contribution is -0.0352. The van der Waals surface area contributed by atoms with Gasteiger partial charge in [0.1, 0.15) is 0 Å². The SMILES string of the molecule is CCOCC(C)(O)CCc1ccccc1. The number of hydrogen-bond acceptors (Lipinski definition) is 2. The molecule has 1 atom stereocenters. The summed E-state index contributed by atoms with van der Waals surface area (Å²) < 4.78 is 5.24. The molecule has 1 aromatic carbocycles. The monoisotopic (exact) mass is 208 g/mol. The van der Waals surface area contributed by atoms with E-state index in [0.29, 0.717) is 13.2 Å². The standard InChI is InChI=1S/C13H20O2/c1-3-15-11-13(2,14)10-9-12-7-5-4-6-8-12/h4-8,14H,3,9-11H2,1-2H3. The molecule has 0 amide bonds. The smallest absolute Gasteiger partial charge is 0.0855 e. The Balaban J connectivity index is 2.35. The van der Waals surface area contributed by atoms with Crippen LogP contribution in [0.25, 0.3) is 0 Å². The molecular weight excluding hydrogens is 188 g/mol. The lowest BCUT2D eigenvalue weighted by Gasteiger charge is -2.22. The molecule has 0 aliphatic rings. The topological polar surface area (TPSA) is 29.5 Å². The third-order valence-electron chi connectivity index (χ3n) is 2.41. The lowest BCUT2D eigenvalue weighted by Crippen LogP contribution is -2.31. The van der Waals surface area contributed by atoms with Crippen LogP contribution in [0.5, 0.6) is 0 Å². The molecule has 0 spiro atoms. The van der Waals surface area contributed by atoms with Crippen molar-refractivity contribution < 1.29 is 9.84 Å². The van der Waals surface area contributed by atoms with Gasteiger partial charge in [-0.05, 0) is 32.3 Å². The summed E-state index contributed by atoms with van der Waals surface area (Å²) in [5.74, 6) is 0. The van der Waals surface area contributed by atoms with Gasteiger partial charge in [-0.1, -0.05) is 30.3 Å². The number of hydrogen-bond donors (Lipinski definition) is 1. The van der Waals surface area contributed by atoms with Crippen LogP contribution in [-0.2, 0) is 11.2 Å². The molecule has 1 aromatic rings. The molecule has 1 N–H and O–H groups in total. The molecule has 1 rings (SSSR count). The number of benzene rings is 1. The maximum Gasteiger partial charge on any atom is 0.0855 e. The van der Waals surface area contributed by atoms with Gasteiger partial charge in [0.15, 0.2) is 0 Å². The van der Waals surface area contributed by atoms with Crippen molar-refractivity contribution in [3.63, 3.8) is 0 Å². The van der Waals surface area contributed by atoms with E-state index in [4.69, 9.17) is 4.74 Å². The Kier molecular flexibility index (Phi) is 4.79. The number of aryl methyl sites for hydroxylation is 1. The van der Waals surface area contributed by atoms with Crippen molar-refractivity contribution in [2.75, 3.05) is 13.2 Å². The average molecular weight is 208 g/mol. The highest BCUT2D eigenvalue weighted by Gasteiger charge is 2.19. The summed E-state index contributed by atoms with van der Waals surface area (Å²) in [6.07, 6.45) is 1.62. The zero-order valence-corrected chi connectivity index (χ0v) is 9.57. The fraction of sp³-hybridized carbons (Fsp3) is 0.538. The molecule has 2 heteroatoms. The summed E-state index contributed by atoms with van der Waals surface area (Å²) in [6, 6.07) is 10.2. The molecule has 0 aliphatic carbocycles. The van der Waals surface area contributed by atoms with Crippen LogP contribution in [0.1, 0.15) is 25.8 Å². The summed E-state index contributed by atoms with van der Waals surface area (Å²) in [7, 11) is 0. The van der Waals surface area contributed by atoms with E-state index in [-0.39, 0.29) is 0 Å². The Bertz CT molecular complexity index is 267. The van der Waals surface area contributed by atoms with E-state index >= 15 is 0 Å². The molecule has 0 aromatic heterocycles. The summed E-state index contributed by atoms with van der Waals surface area (Å²) in [6.45, 7) is 4.83. The first-order valence-electron chi connectivity index (χ1n) is 5.48. The van der Waals surface area contributed by atoms with Crippen molar-refractivity contribution in [2.45, 2.75) is 32.3 Å². The molecule has 15 heavy (non-hydrogen) atoms. The Morgan fingerprint density at radius 2 is 1.93 bits per heavy atom. The molecule has 0 radical (unpaired) electrons. The van der Waals surface area contributed by atoms with E-state index in [1.54, 1.807) is 0 Å². The molecule has 0 aliphatic heterocycles. The highest BCUT2D eigenvalue weighted by atomic mass is 16.5. The largest absolute Gasteiger partial charge is 0.388 e. The highest BCUT2D eigenvalue weighted by molar-refractivity contribution is 5.14. The third kappa shape index (κ3) is 4.96. The molecule has 0 saturated carbocycles. The van der Waals surface area contributed by atoms with E-state index in [1.165, 1.54) is 5.56 Å². The summed E-state index contributed by atoms with van der Waals surface area (Å²) in [5, 5.41) is 9.98. The maximum atomic E-state index is 9.98. The zero-order valence-electron chi connectivity index (χ0n) is 9.57. The van der Waals surface area contributed by atoms with Crippen LogP contribution >= 0.6 is 0 Å². The lowest BCUT2D eigenvalue weighted by atomic mass is 9.98. The fourth-order valence-electron chi connectivity index (χ4n) is 1.45. The van der Waals surface area contributed by atoms with Gasteiger partial charge in [0.05, 0.1) is 12.2 Å². The zero-order chi connectivity index (χ0) is 11.1. The Hall–Kier alpha value is -0.860. The maximum absolute atomic E-state index is 9.98. The van der Waals surface area contributed by atoms with Gasteiger partial charge in [-0.15, -0.1) is 0 Å². The van der Waals surface area contributed by atoms with Crippen molar-refractivity contribution in [1.82, 2.24) is 0 Å². The second-order valence-electron chi connectivity index (χ2n) is 4.12. The van der Waals surface area contributed by atoms with Gasteiger partial charge in [0.25, 0.3) is 0 Å². The summed E-state index contributed by atoms with van der Waals surface area (Å²) in [4.78, 5) is 0. The predicted molar refractivity (Wildman–Crippen MR) is 61.9 cm³/mol. The second-order valence-corrected chi connectivity index (χ2v) is 4.12. The van der Waals surface area contributed by atoms with Crippen LogP contribution < -0.4 is 0 Å². The van der Waals surface area contributed by atoms with Crippen LogP contribution in [0.2, 0.25) is 0 Å². The van der Waals surface area contributed by atoms with E-state index < -0.39 is 5.60 Å². The van der Waals surface area contributed by atoms with Crippen molar-refractivity contribution in [3.8, 4) is 0 Å². The molecule has 0 fully saturated rings. The molecular formula is C13H20O2. The van der Waals surface area contributed by atoms with Crippen molar-refractivity contribution in [1.29, 1.82) is 0 Å². The number of ether oxygens (including phenoxy) is 1. The van der Waals surface area contributed by atoms with Crippen molar-refractivity contribution in [2.24, 2.45) is 0 Å². The van der Waals surface area contributed by atoms with Crippen LogP contribution in [-0.4, -0.2) is 23.9 Å². The van der Waals surface area contributed by atoms with Crippen molar-refractivity contribution in [3.05, 3.63) is 35.9 Å². The van der Waals surface area contributed by atoms with E-state index in [9.17, 15) is 5.11 Å². The van der Waals surface area contributed by atoms with E-state index in [2.05, 4.69) is 12.1 Å². The Morgan fingerprint density at radius 1 is 1.27 bits per heavy atom. The van der Waals surface area contributed by atoms with Crippen LogP contribution in [0.3, 0.4) is 0 Å². The van der Waals surface area contributed by atoms with E-state index in [1.807, 2.05) is 32.0 Å². The first kappa shape index (κ1) is 12.2. The highest BCUT2D eigenvalue weighted by Crippen LogP contribution is 2.14. The van der Waals surface area contributed by atoms with Gasteiger partial charge in [0, 0.05) is 6.61 Å². The van der Waals surface area contributed by atoms with Gasteiger partial charge in [0.2, 0.25) is 0 Å². The van der Waals surface area contributed by atoms with Crippen molar-refractivity contribution >= 4 is 0 Å². The minimum Gasteiger partial charge on any atom is -0.388 e. The first-order valence-corrected chi connectivity index (χ1v) is 5.48. The quantitative estimate of drug-likeness (QED) is 0.778. The van der Waals surface area contributed by atoms with Crippen LogP contribution in [0.4, 0.5) is 0 Å².